The zero-order chi connectivity index (χ0) is 22.6. The lowest BCUT2D eigenvalue weighted by Gasteiger charge is -2.30. The Morgan fingerprint density at radius 2 is 1.81 bits per heavy atom. The highest BCUT2D eigenvalue weighted by Gasteiger charge is 2.60. The largest absolute Gasteiger partial charge is 0.467 e. The van der Waals surface area contributed by atoms with Crippen LogP contribution < -0.4 is 5.32 Å². The summed E-state index contributed by atoms with van der Waals surface area (Å²) in [6, 6.07) is 8.40. The Kier molecular flexibility index (Phi) is 4.74. The second-order valence-electron chi connectivity index (χ2n) is 6.74. The summed E-state index contributed by atoms with van der Waals surface area (Å²) in [5.41, 5.74) is 0.487. The van der Waals surface area contributed by atoms with Crippen LogP contribution in [0.15, 0.2) is 58.3 Å². The second kappa shape index (κ2) is 7.06. The number of imidazole rings is 1. The number of hydrogen-bond donors (Lipinski definition) is 1. The molecule has 1 atom stereocenters. The molecule has 0 fully saturated rings. The Morgan fingerprint density at radius 1 is 1.13 bits per heavy atom. The molecule has 3 heterocycles. The van der Waals surface area contributed by atoms with Gasteiger partial charge in [0.2, 0.25) is 5.95 Å². The van der Waals surface area contributed by atoms with E-state index in [0.717, 1.165) is 0 Å². The molecule has 0 bridgehead atoms. The van der Waals surface area contributed by atoms with Crippen molar-refractivity contribution < 1.29 is 40.3 Å². The lowest BCUT2D eigenvalue weighted by Crippen LogP contribution is -2.46. The van der Waals surface area contributed by atoms with Crippen molar-refractivity contribution in [3.63, 3.8) is 0 Å². The van der Waals surface area contributed by atoms with Crippen LogP contribution in [0, 0.1) is 0 Å². The van der Waals surface area contributed by atoms with Gasteiger partial charge in [-0.3, -0.25) is 4.57 Å². The number of nitrogens with zero attached hydrogens (tertiary/aromatic N) is 2. The minimum absolute atomic E-state index is 0.0164. The van der Waals surface area contributed by atoms with Gasteiger partial charge in [-0.05, 0) is 31.2 Å². The predicted molar refractivity (Wildman–Crippen MR) is 94.9 cm³/mol. The first kappa shape index (κ1) is 20.8. The van der Waals surface area contributed by atoms with Gasteiger partial charge in [-0.2, -0.15) is 26.3 Å². The number of alkyl halides is 6. The lowest BCUT2D eigenvalue weighted by molar-refractivity contribution is -0.312. The van der Waals surface area contributed by atoms with Crippen molar-refractivity contribution in [3.05, 3.63) is 59.7 Å². The summed E-state index contributed by atoms with van der Waals surface area (Å²) in [5.74, 6) is -1.44. The number of anilines is 1. The fraction of sp³-hybridized carbons (Fsp3) is 0.263. The molecule has 2 aromatic heterocycles. The van der Waals surface area contributed by atoms with Crippen LogP contribution in [0.1, 0.15) is 18.7 Å². The third kappa shape index (κ3) is 3.62. The van der Waals surface area contributed by atoms with Crippen LogP contribution in [0.3, 0.4) is 0 Å². The van der Waals surface area contributed by atoms with E-state index in [1.165, 1.54) is 29.9 Å². The number of benzene rings is 1. The van der Waals surface area contributed by atoms with Crippen LogP contribution in [-0.2, 0) is 9.53 Å². The zero-order valence-electron chi connectivity index (χ0n) is 15.6. The summed E-state index contributed by atoms with van der Waals surface area (Å²) in [6.45, 7) is 1.32. The van der Waals surface area contributed by atoms with E-state index in [0.29, 0.717) is 11.0 Å². The number of aromatic nitrogens is 2. The van der Waals surface area contributed by atoms with E-state index < -0.39 is 36.0 Å². The number of carbonyl (C=O) groups is 1. The van der Waals surface area contributed by atoms with Gasteiger partial charge in [0.1, 0.15) is 11.8 Å². The lowest BCUT2D eigenvalue weighted by atomic mass is 10.00. The number of carbonyl (C=O) groups excluding carboxylic acids is 1. The van der Waals surface area contributed by atoms with Crippen LogP contribution in [0.2, 0.25) is 0 Å². The minimum atomic E-state index is -5.84. The number of allylic oxidation sites excluding steroid dienone is 1. The van der Waals surface area contributed by atoms with Gasteiger partial charge in [-0.1, -0.05) is 12.1 Å². The van der Waals surface area contributed by atoms with Crippen LogP contribution >= 0.6 is 0 Å². The fourth-order valence-electron chi connectivity index (χ4n) is 3.43. The van der Waals surface area contributed by atoms with Crippen LogP contribution in [0.4, 0.5) is 32.3 Å². The molecule has 12 heteroatoms. The molecular formula is C19H13F6N3O3. The fourth-order valence-corrected chi connectivity index (χ4v) is 3.43. The summed E-state index contributed by atoms with van der Waals surface area (Å²) in [5, 5.41) is 2.75. The smallest absolute Gasteiger partial charge is 0.434 e. The molecule has 0 radical (unpaired) electrons. The molecule has 1 aliphatic heterocycles. The molecule has 4 rings (SSSR count). The normalized spacial score (nSPS) is 17.1. The molecule has 3 aromatic rings. The highest BCUT2D eigenvalue weighted by atomic mass is 19.4. The number of ether oxygens (including phenoxy) is 1. The van der Waals surface area contributed by atoms with E-state index in [2.05, 4.69) is 15.0 Å². The third-order valence-corrected chi connectivity index (χ3v) is 4.68. The van der Waals surface area contributed by atoms with E-state index >= 15 is 0 Å². The van der Waals surface area contributed by atoms with E-state index in [1.807, 2.05) is 0 Å². The Hall–Kier alpha value is -3.44. The summed E-state index contributed by atoms with van der Waals surface area (Å²) >= 11 is 0. The number of fused-ring (bicyclic) bond motifs is 3. The number of hydrogen-bond acceptors (Lipinski definition) is 5. The highest BCUT2D eigenvalue weighted by Crippen LogP contribution is 2.42. The van der Waals surface area contributed by atoms with Crippen LogP contribution in [-0.4, -0.2) is 34.0 Å². The molecule has 1 aromatic carbocycles. The Balaban J connectivity index is 1.83. The van der Waals surface area contributed by atoms with Gasteiger partial charge >= 0.3 is 18.3 Å². The molecule has 0 spiro atoms. The van der Waals surface area contributed by atoms with Crippen molar-refractivity contribution in [1.82, 2.24) is 9.55 Å². The number of para-hydroxylation sites is 2. The molecule has 1 aliphatic rings. The summed E-state index contributed by atoms with van der Waals surface area (Å²) in [6.07, 6.45) is -14.7. The van der Waals surface area contributed by atoms with Crippen molar-refractivity contribution in [2.45, 2.75) is 31.4 Å². The highest BCUT2D eigenvalue weighted by molar-refractivity contribution is 5.94. The Labute approximate surface area is 170 Å². The van der Waals surface area contributed by atoms with E-state index in [4.69, 9.17) is 4.42 Å². The minimum Gasteiger partial charge on any atom is -0.467 e. The first-order valence-electron chi connectivity index (χ1n) is 8.81. The molecule has 0 saturated heterocycles. The average Bonchev–Trinajstić information content (AvgIpc) is 3.30. The molecule has 1 N–H and O–H groups in total. The van der Waals surface area contributed by atoms with Gasteiger partial charge in [-0.15, -0.1) is 0 Å². The summed E-state index contributed by atoms with van der Waals surface area (Å²) < 4.78 is 88.4. The maximum Gasteiger partial charge on any atom is 0.434 e. The van der Waals surface area contributed by atoms with Crippen molar-refractivity contribution in [1.29, 1.82) is 0 Å². The van der Waals surface area contributed by atoms with Gasteiger partial charge in [0.25, 0.3) is 6.10 Å². The standard InChI is InChI=1S/C19H13F6N3O3/c1-9-13(15(29)31-16(18(20,21)22)19(23,24)25)14(12-7-4-8-30-12)28-11-6-3-2-5-10(11)27-17(28)26-9/h2-8,14,16H,1H3,(H,26,27). The first-order chi connectivity index (χ1) is 14.5. The number of nitrogens with one attached hydrogen (secondary N) is 1. The van der Waals surface area contributed by atoms with Gasteiger partial charge in [0.05, 0.1) is 22.9 Å². The van der Waals surface area contributed by atoms with Gasteiger partial charge in [-0.25, -0.2) is 9.78 Å². The number of esters is 1. The zero-order valence-corrected chi connectivity index (χ0v) is 15.6. The number of furan rings is 1. The molecule has 0 saturated carbocycles. The average molecular weight is 445 g/mol. The molecule has 0 amide bonds. The van der Waals surface area contributed by atoms with Crippen molar-refractivity contribution in [2.24, 2.45) is 0 Å². The Bertz CT molecular complexity index is 1150. The molecule has 1 unspecified atom stereocenters. The second-order valence-corrected chi connectivity index (χ2v) is 6.74. The third-order valence-electron chi connectivity index (χ3n) is 4.68. The van der Waals surface area contributed by atoms with E-state index in [9.17, 15) is 31.1 Å². The van der Waals surface area contributed by atoms with Gasteiger partial charge < -0.3 is 14.5 Å². The van der Waals surface area contributed by atoms with Crippen molar-refractivity contribution >= 4 is 23.0 Å². The Morgan fingerprint density at radius 3 is 2.42 bits per heavy atom. The van der Waals surface area contributed by atoms with Gasteiger partial charge in [0.15, 0.2) is 0 Å². The van der Waals surface area contributed by atoms with E-state index in [-0.39, 0.29) is 17.4 Å². The maximum atomic E-state index is 12.9. The maximum absolute atomic E-state index is 12.9. The first-order valence-corrected chi connectivity index (χ1v) is 8.81. The monoisotopic (exact) mass is 445 g/mol. The number of halogens is 6. The quantitative estimate of drug-likeness (QED) is 0.456. The molecular weight excluding hydrogens is 432 g/mol. The molecule has 31 heavy (non-hydrogen) atoms. The van der Waals surface area contributed by atoms with Crippen LogP contribution in [0.5, 0.6) is 0 Å². The van der Waals surface area contributed by atoms with E-state index in [1.54, 1.807) is 24.3 Å². The molecule has 0 aliphatic carbocycles. The van der Waals surface area contributed by atoms with Gasteiger partial charge in [0, 0.05) is 5.70 Å². The summed E-state index contributed by atoms with van der Waals surface area (Å²) in [7, 11) is 0. The molecule has 164 valence electrons. The SMILES string of the molecule is CC1=C(C(=O)OC(C(F)(F)F)C(F)(F)F)C(c2ccco2)n2c(nc3ccccc32)N1. The topological polar surface area (TPSA) is 69.3 Å². The molecule has 6 nitrogen and oxygen atoms in total. The predicted octanol–water partition coefficient (Wildman–Crippen LogP) is 4.95. The van der Waals surface area contributed by atoms with Crippen LogP contribution in [0.25, 0.3) is 11.0 Å². The van der Waals surface area contributed by atoms with Crippen molar-refractivity contribution in [2.75, 3.05) is 5.32 Å². The number of rotatable bonds is 3. The summed E-state index contributed by atoms with van der Waals surface area (Å²) in [4.78, 5) is 17.1. The van der Waals surface area contributed by atoms with Crippen molar-refractivity contribution in [3.8, 4) is 0 Å².